The molecule has 2 aromatic rings. The molecule has 1 aliphatic carbocycles. The highest BCUT2D eigenvalue weighted by Gasteiger charge is 2.44. The molecule has 3 rings (SSSR count). The summed E-state index contributed by atoms with van der Waals surface area (Å²) in [6.07, 6.45) is 0.648. The Balaban J connectivity index is 2.02. The van der Waals surface area contributed by atoms with Crippen LogP contribution in [0.2, 0.25) is 0 Å². The number of aliphatic hydroxyl groups excluding tert-OH is 3. The minimum absolute atomic E-state index is 0.272. The molecule has 108 valence electrons. The molecule has 5 atom stereocenters. The second-order valence-corrected chi connectivity index (χ2v) is 5.27. The Morgan fingerprint density at radius 2 is 2.05 bits per heavy atom. The average Bonchev–Trinajstić information content (AvgIpc) is 2.94. The predicted octanol–water partition coefficient (Wildman–Crippen LogP) is -0.928. The SMILES string of the molecule is C[C@H](O)[C@H]1C[C@@H](n2cnc3c(N)ncnc32)[C@H](O)[C@@H]1O. The van der Waals surface area contributed by atoms with Crippen LogP contribution in [-0.2, 0) is 0 Å². The minimum Gasteiger partial charge on any atom is -0.393 e. The van der Waals surface area contributed by atoms with Gasteiger partial charge in [-0.3, -0.25) is 0 Å². The average molecular weight is 279 g/mol. The Kier molecular flexibility index (Phi) is 3.08. The fraction of sp³-hybridized carbons (Fsp3) is 0.583. The third-order valence-corrected chi connectivity index (χ3v) is 4.06. The standard InChI is InChI=1S/C12H17N5O3/c1-5(18)6-2-7(10(20)9(6)19)17-4-16-8-11(13)14-3-15-12(8)17/h3-7,9-10,18-20H,2H2,1H3,(H2,13,14,15)/t5-,6+,7+,9+,10-/m0/s1. The first kappa shape index (κ1) is 13.2. The number of hydrogen-bond acceptors (Lipinski definition) is 7. The number of fused-ring (bicyclic) bond motifs is 1. The van der Waals surface area contributed by atoms with Crippen molar-refractivity contribution in [1.29, 1.82) is 0 Å². The van der Waals surface area contributed by atoms with Gasteiger partial charge in [0.25, 0.3) is 0 Å². The summed E-state index contributed by atoms with van der Waals surface area (Å²) >= 11 is 0. The van der Waals surface area contributed by atoms with Crippen LogP contribution < -0.4 is 5.73 Å². The highest BCUT2D eigenvalue weighted by atomic mass is 16.3. The molecule has 0 radical (unpaired) electrons. The number of nitrogen functional groups attached to an aromatic ring is 1. The van der Waals surface area contributed by atoms with Crippen LogP contribution >= 0.6 is 0 Å². The third-order valence-electron chi connectivity index (χ3n) is 4.06. The van der Waals surface area contributed by atoms with Crippen molar-refractivity contribution in [2.45, 2.75) is 37.7 Å². The monoisotopic (exact) mass is 279 g/mol. The molecule has 2 aromatic heterocycles. The predicted molar refractivity (Wildman–Crippen MR) is 70.6 cm³/mol. The lowest BCUT2D eigenvalue weighted by molar-refractivity contribution is -0.0212. The van der Waals surface area contributed by atoms with E-state index in [-0.39, 0.29) is 11.7 Å². The van der Waals surface area contributed by atoms with E-state index in [0.29, 0.717) is 17.6 Å². The highest BCUT2D eigenvalue weighted by molar-refractivity contribution is 5.81. The van der Waals surface area contributed by atoms with Crippen molar-refractivity contribution in [3.8, 4) is 0 Å². The number of nitrogens with two attached hydrogens (primary N) is 1. The van der Waals surface area contributed by atoms with E-state index >= 15 is 0 Å². The number of imidazole rings is 1. The second kappa shape index (κ2) is 4.65. The van der Waals surface area contributed by atoms with E-state index in [0.717, 1.165) is 0 Å². The van der Waals surface area contributed by atoms with E-state index in [1.54, 1.807) is 11.5 Å². The van der Waals surface area contributed by atoms with Crippen LogP contribution in [-0.4, -0.2) is 53.2 Å². The molecule has 1 fully saturated rings. The van der Waals surface area contributed by atoms with Crippen molar-refractivity contribution < 1.29 is 15.3 Å². The maximum Gasteiger partial charge on any atom is 0.165 e. The number of anilines is 1. The van der Waals surface area contributed by atoms with E-state index in [4.69, 9.17) is 5.73 Å². The summed E-state index contributed by atoms with van der Waals surface area (Å²) in [6.45, 7) is 1.61. The van der Waals surface area contributed by atoms with E-state index in [1.807, 2.05) is 0 Å². The van der Waals surface area contributed by atoms with Crippen LogP contribution in [0.15, 0.2) is 12.7 Å². The lowest BCUT2D eigenvalue weighted by Gasteiger charge is -2.19. The van der Waals surface area contributed by atoms with E-state index < -0.39 is 24.4 Å². The Labute approximate surface area is 114 Å². The fourth-order valence-electron chi connectivity index (χ4n) is 2.91. The zero-order valence-corrected chi connectivity index (χ0v) is 11.0. The van der Waals surface area contributed by atoms with Crippen LogP contribution in [0, 0.1) is 5.92 Å². The summed E-state index contributed by atoms with van der Waals surface area (Å²) in [5, 5.41) is 29.9. The lowest BCUT2D eigenvalue weighted by Crippen LogP contribution is -2.32. The second-order valence-electron chi connectivity index (χ2n) is 5.27. The van der Waals surface area contributed by atoms with Gasteiger partial charge in [0.1, 0.15) is 17.9 Å². The zero-order valence-electron chi connectivity index (χ0n) is 11.0. The topological polar surface area (TPSA) is 130 Å². The van der Waals surface area contributed by atoms with Gasteiger partial charge in [0.05, 0.1) is 24.6 Å². The van der Waals surface area contributed by atoms with Crippen molar-refractivity contribution in [3.63, 3.8) is 0 Å². The van der Waals surface area contributed by atoms with Crippen LogP contribution in [0.3, 0.4) is 0 Å². The van der Waals surface area contributed by atoms with Crippen LogP contribution in [0.4, 0.5) is 5.82 Å². The van der Waals surface area contributed by atoms with Gasteiger partial charge in [0.15, 0.2) is 11.5 Å². The van der Waals surface area contributed by atoms with Gasteiger partial charge < -0.3 is 25.6 Å². The number of aliphatic hydroxyl groups is 3. The third kappa shape index (κ3) is 1.84. The molecule has 5 N–H and O–H groups in total. The largest absolute Gasteiger partial charge is 0.393 e. The smallest absolute Gasteiger partial charge is 0.165 e. The molecule has 8 nitrogen and oxygen atoms in total. The molecular weight excluding hydrogens is 262 g/mol. The Morgan fingerprint density at radius 3 is 2.70 bits per heavy atom. The molecule has 1 aliphatic rings. The van der Waals surface area contributed by atoms with Crippen LogP contribution in [0.1, 0.15) is 19.4 Å². The molecule has 0 bridgehead atoms. The van der Waals surface area contributed by atoms with Crippen LogP contribution in [0.5, 0.6) is 0 Å². The summed E-state index contributed by atoms with van der Waals surface area (Å²) in [7, 11) is 0. The molecule has 0 aliphatic heterocycles. The molecule has 1 saturated carbocycles. The quantitative estimate of drug-likeness (QED) is 0.558. The van der Waals surface area contributed by atoms with Gasteiger partial charge in [-0.05, 0) is 13.3 Å². The molecule has 0 unspecified atom stereocenters. The summed E-state index contributed by atoms with van der Waals surface area (Å²) in [6, 6.07) is -0.399. The van der Waals surface area contributed by atoms with Gasteiger partial charge in [-0.1, -0.05) is 0 Å². The molecule has 2 heterocycles. The minimum atomic E-state index is -0.983. The van der Waals surface area contributed by atoms with Crippen molar-refractivity contribution >= 4 is 17.0 Å². The Bertz CT molecular complexity index is 629. The summed E-state index contributed by atoms with van der Waals surface area (Å²) in [5.74, 6) is -0.111. The summed E-state index contributed by atoms with van der Waals surface area (Å²) < 4.78 is 1.68. The normalized spacial score (nSPS) is 31.8. The molecule has 0 saturated heterocycles. The van der Waals surface area contributed by atoms with Gasteiger partial charge in [-0.15, -0.1) is 0 Å². The molecular formula is C12H17N5O3. The van der Waals surface area contributed by atoms with E-state index in [9.17, 15) is 15.3 Å². The van der Waals surface area contributed by atoms with Crippen LogP contribution in [0.25, 0.3) is 11.2 Å². The fourth-order valence-corrected chi connectivity index (χ4v) is 2.91. The van der Waals surface area contributed by atoms with Crippen molar-refractivity contribution in [3.05, 3.63) is 12.7 Å². The number of aromatic nitrogens is 4. The summed E-state index contributed by atoms with van der Waals surface area (Å²) in [4.78, 5) is 12.1. The van der Waals surface area contributed by atoms with Gasteiger partial charge in [-0.2, -0.15) is 0 Å². The Morgan fingerprint density at radius 1 is 1.30 bits per heavy atom. The highest BCUT2D eigenvalue weighted by Crippen LogP contribution is 2.38. The maximum atomic E-state index is 10.2. The van der Waals surface area contributed by atoms with Gasteiger partial charge in [0.2, 0.25) is 0 Å². The lowest BCUT2D eigenvalue weighted by atomic mass is 10.00. The van der Waals surface area contributed by atoms with Gasteiger partial charge >= 0.3 is 0 Å². The van der Waals surface area contributed by atoms with Gasteiger partial charge in [-0.25, -0.2) is 15.0 Å². The molecule has 20 heavy (non-hydrogen) atoms. The molecule has 0 amide bonds. The first-order valence-corrected chi connectivity index (χ1v) is 6.48. The maximum absolute atomic E-state index is 10.2. The first-order chi connectivity index (χ1) is 9.50. The number of rotatable bonds is 2. The number of hydrogen-bond donors (Lipinski definition) is 4. The molecule has 8 heteroatoms. The number of nitrogens with zero attached hydrogens (tertiary/aromatic N) is 4. The zero-order chi connectivity index (χ0) is 14.4. The van der Waals surface area contributed by atoms with Crippen molar-refractivity contribution in [2.24, 2.45) is 5.92 Å². The first-order valence-electron chi connectivity index (χ1n) is 6.48. The van der Waals surface area contributed by atoms with Crippen molar-refractivity contribution in [2.75, 3.05) is 5.73 Å². The van der Waals surface area contributed by atoms with Crippen molar-refractivity contribution in [1.82, 2.24) is 19.5 Å². The van der Waals surface area contributed by atoms with E-state index in [1.165, 1.54) is 12.7 Å². The summed E-state index contributed by atoms with van der Waals surface area (Å²) in [5.41, 5.74) is 6.71. The molecule has 0 spiro atoms. The van der Waals surface area contributed by atoms with E-state index in [2.05, 4.69) is 15.0 Å². The Hall–Kier alpha value is -1.77. The van der Waals surface area contributed by atoms with Gasteiger partial charge in [0, 0.05) is 5.92 Å². The molecule has 0 aromatic carbocycles.